The van der Waals surface area contributed by atoms with Crippen molar-refractivity contribution in [2.45, 2.75) is 6.92 Å². The Kier molecular flexibility index (Phi) is 5.88. The Morgan fingerprint density at radius 2 is 2.32 bits per heavy atom. The van der Waals surface area contributed by atoms with Crippen LogP contribution in [0, 0.1) is 0 Å². The number of carbonyl (C=O) groups is 2. The molecule has 1 aromatic rings. The predicted octanol–water partition coefficient (Wildman–Crippen LogP) is 4.15. The van der Waals surface area contributed by atoms with Gasteiger partial charge in [-0.1, -0.05) is 41.6 Å². The van der Waals surface area contributed by atoms with Crippen LogP contribution in [0.1, 0.15) is 12.5 Å². The van der Waals surface area contributed by atoms with Gasteiger partial charge in [0.15, 0.2) is 0 Å². The largest absolute Gasteiger partial charge is 0.425 e. The van der Waals surface area contributed by atoms with Gasteiger partial charge < -0.3 is 4.74 Å². The fourth-order valence-electron chi connectivity index (χ4n) is 1.60. The summed E-state index contributed by atoms with van der Waals surface area (Å²) < 4.78 is 5.69. The number of aliphatic imine (C=N–C) groups is 1. The number of benzene rings is 1. The van der Waals surface area contributed by atoms with Gasteiger partial charge in [0.2, 0.25) is 5.12 Å². The first-order chi connectivity index (χ1) is 10.5. The summed E-state index contributed by atoms with van der Waals surface area (Å²) in [5.41, 5.74) is 0.890. The summed E-state index contributed by atoms with van der Waals surface area (Å²) in [6, 6.07) is 5.01. The summed E-state index contributed by atoms with van der Waals surface area (Å²) >= 11 is 8.72. The van der Waals surface area contributed by atoms with E-state index in [0.717, 1.165) is 11.8 Å². The molecule has 1 aliphatic heterocycles. The molecule has 1 heterocycles. The van der Waals surface area contributed by atoms with Crippen molar-refractivity contribution < 1.29 is 14.3 Å². The molecule has 0 atom stereocenters. The third kappa shape index (κ3) is 4.25. The Balaban J connectivity index is 2.29. The lowest BCUT2D eigenvalue weighted by molar-refractivity contribution is -0.131. The molecule has 0 saturated heterocycles. The molecule has 7 heteroatoms. The van der Waals surface area contributed by atoms with Gasteiger partial charge in [-0.05, 0) is 29.5 Å². The molecule has 2 rings (SSSR count). The van der Waals surface area contributed by atoms with E-state index < -0.39 is 5.97 Å². The molecule has 0 fully saturated rings. The molecule has 4 nitrogen and oxygen atoms in total. The molecular formula is C15H12ClNO3S2. The zero-order valence-corrected chi connectivity index (χ0v) is 14.1. The van der Waals surface area contributed by atoms with Crippen LogP contribution >= 0.6 is 35.1 Å². The highest BCUT2D eigenvalue weighted by atomic mass is 35.5. The van der Waals surface area contributed by atoms with Crippen LogP contribution in [0.5, 0.6) is 5.75 Å². The number of hydrogen-bond donors (Lipinski definition) is 0. The normalized spacial score (nSPS) is 15.8. The van der Waals surface area contributed by atoms with Crippen LogP contribution in [-0.4, -0.2) is 21.2 Å². The van der Waals surface area contributed by atoms with Gasteiger partial charge >= 0.3 is 5.97 Å². The quantitative estimate of drug-likeness (QED) is 0.352. The second-order valence-electron chi connectivity index (χ2n) is 4.15. The highest BCUT2D eigenvalue weighted by Gasteiger charge is 2.22. The minimum Gasteiger partial charge on any atom is -0.425 e. The lowest BCUT2D eigenvalue weighted by atomic mass is 10.2. The number of rotatable bonds is 4. The predicted molar refractivity (Wildman–Crippen MR) is 93.4 cm³/mol. The average Bonchev–Trinajstić information content (AvgIpc) is 2.81. The summed E-state index contributed by atoms with van der Waals surface area (Å²) in [6.07, 6.45) is 3.34. The van der Waals surface area contributed by atoms with Gasteiger partial charge in [0.1, 0.15) is 15.8 Å². The van der Waals surface area contributed by atoms with Crippen molar-refractivity contribution in [3.63, 3.8) is 0 Å². The molecule has 0 aliphatic carbocycles. The number of hydrogen-bond acceptors (Lipinski definition) is 6. The first kappa shape index (κ1) is 16.9. The Bertz CT molecular complexity index is 698. The summed E-state index contributed by atoms with van der Waals surface area (Å²) in [5.74, 6) is 0.488. The SMILES string of the molecule is C=CCSC1=N/C(=C\c2cccc(OC(C)=O)c2Cl)C(=O)S1. The van der Waals surface area contributed by atoms with Gasteiger partial charge in [0.05, 0.1) is 5.02 Å². The highest BCUT2D eigenvalue weighted by molar-refractivity contribution is 8.45. The Hall–Kier alpha value is -1.50. The van der Waals surface area contributed by atoms with E-state index in [1.165, 1.54) is 18.7 Å². The van der Waals surface area contributed by atoms with Crippen LogP contribution in [0.15, 0.2) is 41.5 Å². The third-order valence-corrected chi connectivity index (χ3v) is 4.87. The van der Waals surface area contributed by atoms with Gasteiger partial charge in [-0.25, -0.2) is 4.99 Å². The fourth-order valence-corrected chi connectivity index (χ4v) is 3.42. The molecule has 0 N–H and O–H groups in total. The molecule has 0 bridgehead atoms. The lowest BCUT2D eigenvalue weighted by Crippen LogP contribution is -2.02. The van der Waals surface area contributed by atoms with Crippen molar-refractivity contribution in [1.82, 2.24) is 0 Å². The molecule has 0 aromatic heterocycles. The number of ether oxygens (including phenoxy) is 1. The van der Waals surface area contributed by atoms with Gasteiger partial charge in [-0.3, -0.25) is 9.59 Å². The second-order valence-corrected chi connectivity index (χ2v) is 6.76. The summed E-state index contributed by atoms with van der Waals surface area (Å²) in [7, 11) is 0. The number of carbonyl (C=O) groups excluding carboxylic acids is 2. The van der Waals surface area contributed by atoms with Gasteiger partial charge in [0, 0.05) is 12.7 Å². The van der Waals surface area contributed by atoms with E-state index in [-0.39, 0.29) is 15.9 Å². The van der Waals surface area contributed by atoms with Crippen molar-refractivity contribution in [2.75, 3.05) is 5.75 Å². The molecule has 22 heavy (non-hydrogen) atoms. The van der Waals surface area contributed by atoms with E-state index in [0.29, 0.717) is 21.4 Å². The van der Waals surface area contributed by atoms with E-state index in [1.807, 2.05) is 0 Å². The highest BCUT2D eigenvalue weighted by Crippen LogP contribution is 2.34. The van der Waals surface area contributed by atoms with Crippen LogP contribution in [0.25, 0.3) is 6.08 Å². The van der Waals surface area contributed by atoms with Crippen LogP contribution in [0.3, 0.4) is 0 Å². The summed E-state index contributed by atoms with van der Waals surface area (Å²) in [4.78, 5) is 27.2. The van der Waals surface area contributed by atoms with Crippen molar-refractivity contribution in [1.29, 1.82) is 0 Å². The zero-order valence-electron chi connectivity index (χ0n) is 11.7. The molecule has 0 unspecified atom stereocenters. The van der Waals surface area contributed by atoms with E-state index >= 15 is 0 Å². The number of halogens is 1. The fraction of sp³-hybridized carbons (Fsp3) is 0.133. The zero-order chi connectivity index (χ0) is 16.1. The van der Waals surface area contributed by atoms with E-state index in [9.17, 15) is 9.59 Å². The standard InChI is InChI=1S/C15H12ClNO3S2/c1-3-7-21-15-17-11(14(19)22-15)8-10-5-4-6-12(13(10)16)20-9(2)18/h3-6,8H,1,7H2,2H3/b11-8-. The second kappa shape index (κ2) is 7.67. The van der Waals surface area contributed by atoms with Crippen LogP contribution in [0.2, 0.25) is 5.02 Å². The first-order valence-corrected chi connectivity index (χ1v) is 8.42. The molecule has 0 amide bonds. The third-order valence-electron chi connectivity index (χ3n) is 2.46. The van der Waals surface area contributed by atoms with Crippen molar-refractivity contribution in [3.05, 3.63) is 47.1 Å². The molecule has 1 aliphatic rings. The number of esters is 1. The molecule has 1 aromatic carbocycles. The Morgan fingerprint density at radius 3 is 3.00 bits per heavy atom. The maximum atomic E-state index is 11.9. The minimum atomic E-state index is -0.458. The number of thioether (sulfide) groups is 2. The average molecular weight is 354 g/mol. The van der Waals surface area contributed by atoms with Crippen LogP contribution < -0.4 is 4.74 Å². The van der Waals surface area contributed by atoms with Crippen LogP contribution in [-0.2, 0) is 9.59 Å². The molecule has 114 valence electrons. The molecular weight excluding hydrogens is 342 g/mol. The van der Waals surface area contributed by atoms with E-state index in [2.05, 4.69) is 11.6 Å². The smallest absolute Gasteiger partial charge is 0.308 e. The summed E-state index contributed by atoms with van der Waals surface area (Å²) in [5, 5.41) is 0.130. The molecule has 0 radical (unpaired) electrons. The van der Waals surface area contributed by atoms with Gasteiger partial charge in [0.25, 0.3) is 0 Å². The Labute approximate surface area is 141 Å². The van der Waals surface area contributed by atoms with Gasteiger partial charge in [-0.15, -0.1) is 6.58 Å². The number of nitrogens with zero attached hydrogens (tertiary/aromatic N) is 1. The van der Waals surface area contributed by atoms with Crippen molar-refractivity contribution >= 4 is 56.7 Å². The maximum Gasteiger partial charge on any atom is 0.308 e. The lowest BCUT2D eigenvalue weighted by Gasteiger charge is -2.06. The molecule has 0 saturated carbocycles. The maximum absolute atomic E-state index is 11.9. The van der Waals surface area contributed by atoms with E-state index in [1.54, 1.807) is 30.4 Å². The first-order valence-electron chi connectivity index (χ1n) is 6.24. The molecule has 0 spiro atoms. The monoisotopic (exact) mass is 353 g/mol. The minimum absolute atomic E-state index is 0.138. The van der Waals surface area contributed by atoms with Crippen molar-refractivity contribution in [2.24, 2.45) is 4.99 Å². The van der Waals surface area contributed by atoms with E-state index in [4.69, 9.17) is 16.3 Å². The summed E-state index contributed by atoms with van der Waals surface area (Å²) in [6.45, 7) is 4.93. The Morgan fingerprint density at radius 1 is 1.55 bits per heavy atom. The van der Waals surface area contributed by atoms with Crippen LogP contribution in [0.4, 0.5) is 0 Å². The van der Waals surface area contributed by atoms with Gasteiger partial charge in [-0.2, -0.15) is 0 Å². The van der Waals surface area contributed by atoms with Crippen molar-refractivity contribution in [3.8, 4) is 5.75 Å². The topological polar surface area (TPSA) is 55.7 Å².